The van der Waals surface area contributed by atoms with Crippen LogP contribution in [-0.2, 0) is 14.7 Å². The lowest BCUT2D eigenvalue weighted by Gasteiger charge is -2.63. The van der Waals surface area contributed by atoms with Crippen molar-refractivity contribution in [1.82, 2.24) is 4.98 Å². The van der Waals surface area contributed by atoms with Crippen LogP contribution in [0.25, 0.3) is 11.3 Å². The molecule has 0 amide bonds. The van der Waals surface area contributed by atoms with Crippen LogP contribution in [0.2, 0.25) is 0 Å². The van der Waals surface area contributed by atoms with E-state index >= 15 is 0 Å². The van der Waals surface area contributed by atoms with E-state index in [0.29, 0.717) is 11.3 Å². The lowest BCUT2D eigenvalue weighted by molar-refractivity contribution is -0.185. The molecule has 1 saturated heterocycles. The van der Waals surface area contributed by atoms with Gasteiger partial charge < -0.3 is 9.31 Å². The van der Waals surface area contributed by atoms with Gasteiger partial charge in [0.2, 0.25) is 0 Å². The minimum atomic E-state index is -0.301. The molecule has 2 bridgehead atoms. The maximum Gasteiger partial charge on any atom is 0.496 e. The van der Waals surface area contributed by atoms with E-state index in [1.54, 1.807) is 0 Å². The molecule has 2 aromatic rings. The van der Waals surface area contributed by atoms with E-state index < -0.39 is 0 Å². The van der Waals surface area contributed by atoms with Crippen LogP contribution in [0.5, 0.6) is 0 Å². The van der Waals surface area contributed by atoms with Gasteiger partial charge in [-0.1, -0.05) is 65.0 Å². The molecule has 1 aromatic heterocycles. The fraction of sp³-hybridized carbons (Fsp3) is 0.560. The summed E-state index contributed by atoms with van der Waals surface area (Å²) in [6.45, 7) is 13.7. The Morgan fingerprint density at radius 2 is 1.76 bits per heavy atom. The third-order valence-electron chi connectivity index (χ3n) is 7.92. The summed E-state index contributed by atoms with van der Waals surface area (Å²) in [5, 5.41) is 0. The van der Waals surface area contributed by atoms with Crippen molar-refractivity contribution in [2.24, 2.45) is 17.3 Å². The second kappa shape index (κ2) is 6.18. The van der Waals surface area contributed by atoms with Crippen molar-refractivity contribution in [3.8, 4) is 11.3 Å². The lowest BCUT2D eigenvalue weighted by atomic mass is 9.45. The molecule has 0 N–H and O–H groups in total. The molecule has 2 heterocycles. The Morgan fingerprint density at radius 3 is 2.34 bits per heavy atom. The minimum Gasteiger partial charge on any atom is -0.401 e. The molecule has 1 aliphatic heterocycles. The molecule has 3 aliphatic carbocycles. The molecular formula is C25H32BNO2. The first-order chi connectivity index (χ1) is 13.6. The number of benzene rings is 1. The molecule has 4 fully saturated rings. The third kappa shape index (κ3) is 2.99. The molecule has 4 heteroatoms. The quantitative estimate of drug-likeness (QED) is 0.679. The summed E-state index contributed by atoms with van der Waals surface area (Å²) < 4.78 is 12.9. The highest BCUT2D eigenvalue weighted by molar-refractivity contribution is 6.61. The average molecular weight is 389 g/mol. The van der Waals surface area contributed by atoms with Crippen molar-refractivity contribution in [3.05, 3.63) is 48.2 Å². The van der Waals surface area contributed by atoms with Crippen LogP contribution in [-0.4, -0.2) is 23.8 Å². The summed E-state index contributed by atoms with van der Waals surface area (Å²) in [6, 6.07) is 12.9. The molecule has 3 saturated carbocycles. The van der Waals surface area contributed by atoms with Crippen LogP contribution in [0.4, 0.5) is 0 Å². The predicted molar refractivity (Wildman–Crippen MR) is 118 cm³/mol. The van der Waals surface area contributed by atoms with Gasteiger partial charge in [0.1, 0.15) is 0 Å². The zero-order valence-electron chi connectivity index (χ0n) is 18.5. The van der Waals surface area contributed by atoms with Crippen molar-refractivity contribution in [1.29, 1.82) is 0 Å². The standard InChI is InChI=1S/C25H32BNO2/c1-23(2,3)17-9-7-16(8-10-17)21-12-11-19(15-27-21)26-28-22-20-13-18(24(20,4)5)14-25(22,6)29-26/h7-12,15,18,20,22H,13-14H2,1-6H3/t18?,20-,22+,25-/m0/s1. The average Bonchev–Trinajstić information content (AvgIpc) is 3.05. The Labute approximate surface area is 175 Å². The second-order valence-electron chi connectivity index (χ2n) is 11.2. The van der Waals surface area contributed by atoms with Gasteiger partial charge in [-0.3, -0.25) is 4.98 Å². The van der Waals surface area contributed by atoms with Crippen LogP contribution in [0.3, 0.4) is 0 Å². The Morgan fingerprint density at radius 1 is 1.03 bits per heavy atom. The zero-order chi connectivity index (χ0) is 20.6. The largest absolute Gasteiger partial charge is 0.496 e. The van der Waals surface area contributed by atoms with E-state index in [2.05, 4.69) is 77.9 Å². The number of nitrogens with zero attached hydrogens (tertiary/aromatic N) is 1. The van der Waals surface area contributed by atoms with E-state index in [-0.39, 0.29) is 24.2 Å². The van der Waals surface area contributed by atoms with E-state index in [0.717, 1.165) is 29.1 Å². The smallest absolute Gasteiger partial charge is 0.401 e. The third-order valence-corrected chi connectivity index (χ3v) is 7.92. The van der Waals surface area contributed by atoms with E-state index in [1.165, 1.54) is 12.0 Å². The van der Waals surface area contributed by atoms with Crippen molar-refractivity contribution in [2.75, 3.05) is 0 Å². The fourth-order valence-electron chi connectivity index (χ4n) is 5.71. The van der Waals surface area contributed by atoms with E-state index in [4.69, 9.17) is 14.3 Å². The molecule has 0 radical (unpaired) electrons. The number of aromatic nitrogens is 1. The number of hydrogen-bond donors (Lipinski definition) is 0. The Kier molecular flexibility index (Phi) is 4.12. The summed E-state index contributed by atoms with van der Waals surface area (Å²) >= 11 is 0. The van der Waals surface area contributed by atoms with Crippen molar-refractivity contribution < 1.29 is 9.31 Å². The van der Waals surface area contributed by atoms with Crippen molar-refractivity contribution in [3.63, 3.8) is 0 Å². The Balaban J connectivity index is 1.34. The molecule has 1 unspecified atom stereocenters. The molecular weight excluding hydrogens is 357 g/mol. The molecule has 0 spiro atoms. The van der Waals surface area contributed by atoms with Gasteiger partial charge in [0, 0.05) is 17.2 Å². The molecule has 4 aliphatic rings. The maximum absolute atomic E-state index is 6.48. The van der Waals surface area contributed by atoms with Crippen LogP contribution in [0, 0.1) is 17.3 Å². The van der Waals surface area contributed by atoms with Gasteiger partial charge in [-0.15, -0.1) is 0 Å². The van der Waals surface area contributed by atoms with Gasteiger partial charge in [-0.05, 0) is 54.1 Å². The molecule has 152 valence electrons. The van der Waals surface area contributed by atoms with Gasteiger partial charge in [0.25, 0.3) is 0 Å². The molecule has 29 heavy (non-hydrogen) atoms. The predicted octanol–water partition coefficient (Wildman–Crippen LogP) is 4.98. The minimum absolute atomic E-state index is 0.158. The monoisotopic (exact) mass is 389 g/mol. The highest BCUT2D eigenvalue weighted by Gasteiger charge is 2.66. The molecule has 3 nitrogen and oxygen atoms in total. The lowest BCUT2D eigenvalue weighted by Crippen LogP contribution is -2.63. The second-order valence-corrected chi connectivity index (χ2v) is 11.2. The number of rotatable bonds is 2. The zero-order valence-corrected chi connectivity index (χ0v) is 18.5. The number of hydrogen-bond acceptors (Lipinski definition) is 3. The van der Waals surface area contributed by atoms with Gasteiger partial charge in [0.15, 0.2) is 0 Å². The highest BCUT2D eigenvalue weighted by Crippen LogP contribution is 2.64. The summed E-state index contributed by atoms with van der Waals surface area (Å²) in [4.78, 5) is 4.72. The molecule has 1 aromatic carbocycles. The van der Waals surface area contributed by atoms with Crippen LogP contribution >= 0.6 is 0 Å². The van der Waals surface area contributed by atoms with E-state index in [9.17, 15) is 0 Å². The normalized spacial score (nSPS) is 32.6. The summed E-state index contributed by atoms with van der Waals surface area (Å²) in [7, 11) is -0.301. The van der Waals surface area contributed by atoms with Gasteiger partial charge in [-0.25, -0.2) is 0 Å². The van der Waals surface area contributed by atoms with Crippen molar-refractivity contribution in [2.45, 2.75) is 71.5 Å². The Bertz CT molecular complexity index is 915. The topological polar surface area (TPSA) is 31.4 Å². The first kappa shape index (κ1) is 19.3. The summed E-state index contributed by atoms with van der Waals surface area (Å²) in [5.41, 5.74) is 4.86. The maximum atomic E-state index is 6.48. The first-order valence-electron chi connectivity index (χ1n) is 11.0. The fourth-order valence-corrected chi connectivity index (χ4v) is 5.71. The van der Waals surface area contributed by atoms with Crippen LogP contribution in [0.1, 0.15) is 59.9 Å². The highest BCUT2D eigenvalue weighted by atomic mass is 16.7. The van der Waals surface area contributed by atoms with Gasteiger partial charge in [0.05, 0.1) is 17.4 Å². The molecule has 6 rings (SSSR count). The van der Waals surface area contributed by atoms with Crippen LogP contribution < -0.4 is 5.46 Å². The SMILES string of the molecule is CC(C)(C)c1ccc(-c2ccc(B3O[C@@H]4[C@@H]5CC(C[C@]4(C)O3)C5(C)C)cn2)cc1. The molecule has 4 atom stereocenters. The van der Waals surface area contributed by atoms with Crippen molar-refractivity contribution >= 4 is 12.6 Å². The van der Waals surface area contributed by atoms with Crippen LogP contribution in [0.15, 0.2) is 42.6 Å². The Hall–Kier alpha value is -1.65. The summed E-state index contributed by atoms with van der Waals surface area (Å²) in [5.74, 6) is 1.36. The van der Waals surface area contributed by atoms with Gasteiger partial charge >= 0.3 is 7.12 Å². The number of pyridine rings is 1. The first-order valence-corrected chi connectivity index (χ1v) is 11.0. The summed E-state index contributed by atoms with van der Waals surface area (Å²) in [6.07, 6.45) is 4.50. The van der Waals surface area contributed by atoms with E-state index in [1.807, 2.05) is 6.20 Å². The van der Waals surface area contributed by atoms with Gasteiger partial charge in [-0.2, -0.15) is 0 Å².